The molecule has 0 aliphatic heterocycles. The molecule has 104 valence electrons. The van der Waals surface area contributed by atoms with Gasteiger partial charge in [-0.05, 0) is 19.1 Å². The third-order valence-corrected chi connectivity index (χ3v) is 2.85. The molecular weight excluding hydrogens is 260 g/mol. The van der Waals surface area contributed by atoms with E-state index in [1.54, 1.807) is 23.9 Å². The summed E-state index contributed by atoms with van der Waals surface area (Å²) in [5, 5.41) is 14.0. The van der Waals surface area contributed by atoms with Crippen molar-refractivity contribution in [1.29, 1.82) is 0 Å². The maximum atomic E-state index is 12.2. The van der Waals surface area contributed by atoms with E-state index in [4.69, 9.17) is 0 Å². The van der Waals surface area contributed by atoms with Crippen LogP contribution >= 0.6 is 0 Å². The summed E-state index contributed by atoms with van der Waals surface area (Å²) in [5.41, 5.74) is 0.522. The molecule has 1 aromatic carbocycles. The highest BCUT2D eigenvalue weighted by atomic mass is 16.6. The molecule has 0 bridgehead atoms. The quantitative estimate of drug-likeness (QED) is 0.511. The Morgan fingerprint density at radius 2 is 2.25 bits per heavy atom. The number of aromatic nitrogens is 2. The number of nitro groups is 1. The van der Waals surface area contributed by atoms with Crippen LogP contribution in [0.5, 0.6) is 0 Å². The molecular formula is C13H14N4O3. The summed E-state index contributed by atoms with van der Waals surface area (Å²) >= 11 is 0. The number of nitrogens with one attached hydrogen (secondary N) is 1. The minimum atomic E-state index is -0.507. The molecule has 0 saturated heterocycles. The van der Waals surface area contributed by atoms with Gasteiger partial charge in [-0.1, -0.05) is 0 Å². The van der Waals surface area contributed by atoms with Crippen LogP contribution in [0.2, 0.25) is 0 Å². The van der Waals surface area contributed by atoms with Crippen LogP contribution in [-0.2, 0) is 7.05 Å². The van der Waals surface area contributed by atoms with Gasteiger partial charge in [0.2, 0.25) is 5.78 Å². The van der Waals surface area contributed by atoms with Crippen molar-refractivity contribution < 1.29 is 9.72 Å². The lowest BCUT2D eigenvalue weighted by Gasteiger charge is -2.06. The molecule has 20 heavy (non-hydrogen) atoms. The van der Waals surface area contributed by atoms with Crippen molar-refractivity contribution in [2.24, 2.45) is 7.05 Å². The van der Waals surface area contributed by atoms with Crippen LogP contribution in [0.3, 0.4) is 0 Å². The van der Waals surface area contributed by atoms with Gasteiger partial charge in [0.1, 0.15) is 5.69 Å². The van der Waals surface area contributed by atoms with Crippen molar-refractivity contribution in [1.82, 2.24) is 9.55 Å². The lowest BCUT2D eigenvalue weighted by Crippen LogP contribution is -2.10. The molecule has 0 aliphatic carbocycles. The fourth-order valence-electron chi connectivity index (χ4n) is 1.88. The third-order valence-electron chi connectivity index (χ3n) is 2.85. The molecule has 0 radical (unpaired) electrons. The summed E-state index contributed by atoms with van der Waals surface area (Å²) in [7, 11) is 1.70. The van der Waals surface area contributed by atoms with E-state index in [1.165, 1.54) is 18.3 Å². The molecule has 0 spiro atoms. The Morgan fingerprint density at radius 1 is 1.50 bits per heavy atom. The lowest BCUT2D eigenvalue weighted by molar-refractivity contribution is -0.384. The van der Waals surface area contributed by atoms with E-state index in [-0.39, 0.29) is 22.9 Å². The number of anilines is 1. The predicted octanol–water partition coefficient (Wildman–Crippen LogP) is 1.99. The Balaban J connectivity index is 2.43. The van der Waals surface area contributed by atoms with Crippen LogP contribution in [0.4, 0.5) is 11.4 Å². The maximum Gasteiger partial charge on any atom is 0.293 e. The molecule has 1 N–H and O–H groups in total. The van der Waals surface area contributed by atoms with Gasteiger partial charge < -0.3 is 9.88 Å². The second kappa shape index (κ2) is 5.52. The standard InChI is InChI=1S/C13H14N4O3/c1-3-14-10-5-4-9(8-11(10)17(19)20)12(18)13-15-6-7-16(13)2/h4-8,14H,3H2,1-2H3. The number of benzene rings is 1. The first-order chi connectivity index (χ1) is 9.54. The van der Waals surface area contributed by atoms with Crippen molar-refractivity contribution in [3.8, 4) is 0 Å². The first-order valence-electron chi connectivity index (χ1n) is 6.09. The summed E-state index contributed by atoms with van der Waals surface area (Å²) in [6.45, 7) is 2.41. The molecule has 7 heteroatoms. The SMILES string of the molecule is CCNc1ccc(C(=O)c2nccn2C)cc1[N+](=O)[O-]. The van der Waals surface area contributed by atoms with Gasteiger partial charge in [-0.25, -0.2) is 4.98 Å². The van der Waals surface area contributed by atoms with E-state index in [1.807, 2.05) is 6.92 Å². The fraction of sp³-hybridized carbons (Fsp3) is 0.231. The van der Waals surface area contributed by atoms with Crippen molar-refractivity contribution >= 4 is 17.2 Å². The zero-order valence-electron chi connectivity index (χ0n) is 11.2. The summed E-state index contributed by atoms with van der Waals surface area (Å²) in [4.78, 5) is 26.8. The van der Waals surface area contributed by atoms with E-state index in [0.717, 1.165) is 0 Å². The molecule has 0 amide bonds. The molecule has 2 aromatic rings. The smallest absolute Gasteiger partial charge is 0.293 e. The number of hydrogen-bond donors (Lipinski definition) is 1. The molecule has 0 atom stereocenters. The highest BCUT2D eigenvalue weighted by Gasteiger charge is 2.20. The number of carbonyl (C=O) groups excluding carboxylic acids is 1. The first kappa shape index (κ1) is 13.7. The topological polar surface area (TPSA) is 90.1 Å². The summed E-state index contributed by atoms with van der Waals surface area (Å²) in [5.74, 6) is -0.0980. The number of hydrogen-bond acceptors (Lipinski definition) is 5. The van der Waals surface area contributed by atoms with Crippen LogP contribution < -0.4 is 5.32 Å². The zero-order valence-corrected chi connectivity index (χ0v) is 11.2. The van der Waals surface area contributed by atoms with E-state index in [2.05, 4.69) is 10.3 Å². The largest absolute Gasteiger partial charge is 0.380 e. The molecule has 2 rings (SSSR count). The number of rotatable bonds is 5. The monoisotopic (exact) mass is 274 g/mol. The van der Waals surface area contributed by atoms with Crippen molar-refractivity contribution in [2.75, 3.05) is 11.9 Å². The maximum absolute atomic E-state index is 12.2. The second-order valence-corrected chi connectivity index (χ2v) is 4.21. The number of aryl methyl sites for hydroxylation is 1. The van der Waals surface area contributed by atoms with E-state index in [0.29, 0.717) is 12.2 Å². The normalized spacial score (nSPS) is 10.3. The zero-order chi connectivity index (χ0) is 14.7. The van der Waals surface area contributed by atoms with Crippen molar-refractivity contribution in [3.05, 3.63) is 52.1 Å². The lowest BCUT2D eigenvalue weighted by atomic mass is 10.1. The first-order valence-corrected chi connectivity index (χ1v) is 6.09. The van der Waals surface area contributed by atoms with Crippen LogP contribution in [-0.4, -0.2) is 26.8 Å². The number of imidazole rings is 1. The van der Waals surface area contributed by atoms with Crippen LogP contribution in [0.25, 0.3) is 0 Å². The number of ketones is 1. The van der Waals surface area contributed by atoms with Gasteiger partial charge in [-0.2, -0.15) is 0 Å². The van der Waals surface area contributed by atoms with Crippen molar-refractivity contribution in [2.45, 2.75) is 6.92 Å². The fourth-order valence-corrected chi connectivity index (χ4v) is 1.88. The van der Waals surface area contributed by atoms with Gasteiger partial charge in [-0.3, -0.25) is 14.9 Å². The third kappa shape index (κ3) is 2.51. The minimum Gasteiger partial charge on any atom is -0.380 e. The molecule has 1 heterocycles. The average molecular weight is 274 g/mol. The Labute approximate surface area is 115 Å². The second-order valence-electron chi connectivity index (χ2n) is 4.21. The van der Waals surface area contributed by atoms with Gasteiger partial charge in [0.25, 0.3) is 5.69 Å². The average Bonchev–Trinajstić information content (AvgIpc) is 2.84. The molecule has 0 unspecified atom stereocenters. The number of nitrogens with zero attached hydrogens (tertiary/aromatic N) is 3. The van der Waals surface area contributed by atoms with Crippen LogP contribution in [0.1, 0.15) is 23.1 Å². The van der Waals surface area contributed by atoms with Gasteiger partial charge in [0.15, 0.2) is 5.82 Å². The molecule has 7 nitrogen and oxygen atoms in total. The highest BCUT2D eigenvalue weighted by Crippen LogP contribution is 2.26. The van der Waals surface area contributed by atoms with Gasteiger partial charge in [-0.15, -0.1) is 0 Å². The Kier molecular flexibility index (Phi) is 3.79. The van der Waals surface area contributed by atoms with Gasteiger partial charge in [0, 0.05) is 37.6 Å². The highest BCUT2D eigenvalue weighted by molar-refractivity contribution is 6.07. The van der Waals surface area contributed by atoms with Gasteiger partial charge in [0.05, 0.1) is 4.92 Å². The molecule has 1 aromatic heterocycles. The number of nitro benzene ring substituents is 1. The van der Waals surface area contributed by atoms with E-state index in [9.17, 15) is 14.9 Å². The molecule has 0 saturated carbocycles. The Bertz CT molecular complexity index is 663. The Morgan fingerprint density at radius 3 is 2.80 bits per heavy atom. The predicted molar refractivity (Wildman–Crippen MR) is 73.9 cm³/mol. The van der Waals surface area contributed by atoms with Crippen molar-refractivity contribution in [3.63, 3.8) is 0 Å². The van der Waals surface area contributed by atoms with Crippen LogP contribution in [0, 0.1) is 10.1 Å². The summed E-state index contributed by atoms with van der Waals surface area (Å²) < 4.78 is 1.58. The molecule has 0 fully saturated rings. The summed E-state index contributed by atoms with van der Waals surface area (Å²) in [6, 6.07) is 4.37. The van der Waals surface area contributed by atoms with E-state index < -0.39 is 4.92 Å². The van der Waals surface area contributed by atoms with Gasteiger partial charge >= 0.3 is 0 Å². The van der Waals surface area contributed by atoms with E-state index >= 15 is 0 Å². The summed E-state index contributed by atoms with van der Waals surface area (Å²) in [6.07, 6.45) is 3.16. The number of carbonyl (C=O) groups is 1. The minimum absolute atomic E-state index is 0.119. The Hall–Kier alpha value is -2.70. The van der Waals surface area contributed by atoms with Crippen LogP contribution in [0.15, 0.2) is 30.6 Å². The molecule has 0 aliphatic rings.